The highest BCUT2D eigenvalue weighted by molar-refractivity contribution is 8.00. The van der Waals surface area contributed by atoms with Gasteiger partial charge in [0.25, 0.3) is 0 Å². The molecule has 3 nitrogen and oxygen atoms in total. The van der Waals surface area contributed by atoms with Crippen molar-refractivity contribution in [1.82, 2.24) is 10.6 Å². The van der Waals surface area contributed by atoms with Crippen LogP contribution < -0.4 is 10.6 Å². The van der Waals surface area contributed by atoms with E-state index < -0.39 is 5.60 Å². The fourth-order valence-corrected chi connectivity index (χ4v) is 3.08. The third-order valence-electron chi connectivity index (χ3n) is 2.81. The Morgan fingerprint density at radius 1 is 1.62 bits per heavy atom. The molecular formula is C9H18N2OS. The van der Waals surface area contributed by atoms with Crippen LogP contribution in [0.3, 0.4) is 0 Å². The lowest BCUT2D eigenvalue weighted by molar-refractivity contribution is 0.0605. The minimum Gasteiger partial charge on any atom is -0.387 e. The van der Waals surface area contributed by atoms with Crippen LogP contribution in [0.1, 0.15) is 19.3 Å². The maximum absolute atomic E-state index is 10.0. The Balaban J connectivity index is 1.71. The van der Waals surface area contributed by atoms with E-state index in [0.29, 0.717) is 5.37 Å². The Morgan fingerprint density at radius 2 is 2.54 bits per heavy atom. The van der Waals surface area contributed by atoms with Gasteiger partial charge < -0.3 is 15.7 Å². The smallest absolute Gasteiger partial charge is 0.0907 e. The third kappa shape index (κ3) is 2.59. The largest absolute Gasteiger partial charge is 0.387 e. The minimum absolute atomic E-state index is 0.483. The molecule has 2 aliphatic rings. The monoisotopic (exact) mass is 202 g/mol. The predicted molar refractivity (Wildman–Crippen MR) is 55.9 cm³/mol. The predicted octanol–water partition coefficient (Wildman–Crippen LogP) is 0.153. The van der Waals surface area contributed by atoms with Crippen molar-refractivity contribution < 1.29 is 5.11 Å². The average Bonchev–Trinajstić information content (AvgIpc) is 2.72. The van der Waals surface area contributed by atoms with Gasteiger partial charge in [-0.05, 0) is 31.6 Å². The summed E-state index contributed by atoms with van der Waals surface area (Å²) in [6.45, 7) is 2.45. The van der Waals surface area contributed by atoms with E-state index in [1.165, 1.54) is 18.6 Å². The lowest BCUT2D eigenvalue weighted by Crippen LogP contribution is -2.44. The molecule has 2 aliphatic heterocycles. The Labute approximate surface area is 83.7 Å². The molecular weight excluding hydrogens is 184 g/mol. The van der Waals surface area contributed by atoms with Gasteiger partial charge in [0.15, 0.2) is 0 Å². The molecule has 0 bridgehead atoms. The van der Waals surface area contributed by atoms with Gasteiger partial charge in [-0.15, -0.1) is 11.8 Å². The Kier molecular flexibility index (Phi) is 3.14. The normalized spacial score (nSPS) is 39.9. The van der Waals surface area contributed by atoms with Crippen molar-refractivity contribution in [3.05, 3.63) is 0 Å². The third-order valence-corrected chi connectivity index (χ3v) is 4.14. The van der Waals surface area contributed by atoms with Crippen LogP contribution in [0.2, 0.25) is 0 Å². The summed E-state index contributed by atoms with van der Waals surface area (Å²) in [5, 5.41) is 17.2. The molecule has 0 amide bonds. The SMILES string of the molecule is OC1(CNC2CCCS2)CCNC1. The molecule has 2 rings (SSSR count). The fraction of sp³-hybridized carbons (Fsp3) is 1.00. The highest BCUT2D eigenvalue weighted by Crippen LogP contribution is 2.24. The second kappa shape index (κ2) is 4.17. The average molecular weight is 202 g/mol. The molecule has 76 valence electrons. The van der Waals surface area contributed by atoms with Gasteiger partial charge in [-0.3, -0.25) is 0 Å². The van der Waals surface area contributed by atoms with Crippen LogP contribution >= 0.6 is 11.8 Å². The Hall–Kier alpha value is 0.230. The van der Waals surface area contributed by atoms with Gasteiger partial charge >= 0.3 is 0 Å². The van der Waals surface area contributed by atoms with E-state index in [-0.39, 0.29) is 0 Å². The van der Waals surface area contributed by atoms with Gasteiger partial charge in [0.2, 0.25) is 0 Å². The Bertz CT molecular complexity index is 165. The highest BCUT2D eigenvalue weighted by atomic mass is 32.2. The van der Waals surface area contributed by atoms with Crippen molar-refractivity contribution in [2.75, 3.05) is 25.4 Å². The number of β-amino-alcohol motifs (C(OH)–C–C–N with tert-alkyl or cyclic N) is 1. The fourth-order valence-electron chi connectivity index (χ4n) is 1.92. The lowest BCUT2D eigenvalue weighted by Gasteiger charge is -2.23. The van der Waals surface area contributed by atoms with Crippen molar-refractivity contribution in [1.29, 1.82) is 0 Å². The molecule has 0 saturated carbocycles. The van der Waals surface area contributed by atoms with Crippen molar-refractivity contribution in [3.8, 4) is 0 Å². The topological polar surface area (TPSA) is 44.3 Å². The highest BCUT2D eigenvalue weighted by Gasteiger charge is 2.31. The molecule has 2 unspecified atom stereocenters. The van der Waals surface area contributed by atoms with Crippen LogP contribution in [0.15, 0.2) is 0 Å². The van der Waals surface area contributed by atoms with Crippen LogP contribution in [0, 0.1) is 0 Å². The van der Waals surface area contributed by atoms with Crippen LogP contribution in [0.4, 0.5) is 0 Å². The molecule has 2 fully saturated rings. The lowest BCUT2D eigenvalue weighted by atomic mass is 10.0. The van der Waals surface area contributed by atoms with Gasteiger partial charge in [0.05, 0.1) is 11.0 Å². The summed E-state index contributed by atoms with van der Waals surface area (Å²) < 4.78 is 0. The standard InChI is InChI=1S/C9H18N2OS/c12-9(3-4-10-6-9)7-11-8-2-1-5-13-8/h8,10-12H,1-7H2. The van der Waals surface area contributed by atoms with Gasteiger partial charge in [-0.25, -0.2) is 0 Å². The summed E-state index contributed by atoms with van der Waals surface area (Å²) in [4.78, 5) is 0. The summed E-state index contributed by atoms with van der Waals surface area (Å²) in [5.74, 6) is 1.27. The second-order valence-corrected chi connectivity index (χ2v) is 5.34. The van der Waals surface area contributed by atoms with Crippen LogP contribution in [-0.2, 0) is 0 Å². The van der Waals surface area contributed by atoms with Gasteiger partial charge in [-0.1, -0.05) is 0 Å². The Morgan fingerprint density at radius 3 is 3.15 bits per heavy atom. The van der Waals surface area contributed by atoms with E-state index in [9.17, 15) is 5.11 Å². The van der Waals surface area contributed by atoms with Crippen molar-refractivity contribution in [3.63, 3.8) is 0 Å². The zero-order chi connectivity index (χ0) is 9.15. The maximum Gasteiger partial charge on any atom is 0.0907 e. The molecule has 4 heteroatoms. The molecule has 0 aliphatic carbocycles. The summed E-state index contributed by atoms with van der Waals surface area (Å²) in [6, 6.07) is 0. The number of hydrogen-bond acceptors (Lipinski definition) is 4. The minimum atomic E-state index is -0.483. The molecule has 0 radical (unpaired) electrons. The number of aliphatic hydroxyl groups is 1. The number of thioether (sulfide) groups is 1. The summed E-state index contributed by atoms with van der Waals surface area (Å²) >= 11 is 1.98. The first kappa shape index (κ1) is 9.77. The van der Waals surface area contributed by atoms with Crippen molar-refractivity contribution in [2.45, 2.75) is 30.2 Å². The quantitative estimate of drug-likeness (QED) is 0.610. The van der Waals surface area contributed by atoms with Gasteiger partial charge in [0, 0.05) is 13.1 Å². The molecule has 2 saturated heterocycles. The summed E-state index contributed by atoms with van der Waals surface area (Å²) in [6.07, 6.45) is 3.46. The van der Waals surface area contributed by atoms with Gasteiger partial charge in [-0.2, -0.15) is 0 Å². The molecule has 2 atom stereocenters. The van der Waals surface area contributed by atoms with Crippen LogP contribution in [-0.4, -0.2) is 41.5 Å². The molecule has 3 N–H and O–H groups in total. The molecule has 0 aromatic heterocycles. The first-order chi connectivity index (χ1) is 6.29. The zero-order valence-corrected chi connectivity index (χ0v) is 8.70. The summed E-state index contributed by atoms with van der Waals surface area (Å²) in [5.41, 5.74) is -0.483. The van der Waals surface area contributed by atoms with Crippen molar-refractivity contribution >= 4 is 11.8 Å². The van der Waals surface area contributed by atoms with E-state index in [1.54, 1.807) is 0 Å². The van der Waals surface area contributed by atoms with Gasteiger partial charge in [0.1, 0.15) is 0 Å². The zero-order valence-electron chi connectivity index (χ0n) is 7.88. The van der Waals surface area contributed by atoms with E-state index in [2.05, 4.69) is 10.6 Å². The van der Waals surface area contributed by atoms with Crippen LogP contribution in [0.5, 0.6) is 0 Å². The molecule has 13 heavy (non-hydrogen) atoms. The first-order valence-electron chi connectivity index (χ1n) is 5.07. The molecule has 0 aromatic carbocycles. The van der Waals surface area contributed by atoms with E-state index >= 15 is 0 Å². The van der Waals surface area contributed by atoms with E-state index in [1.807, 2.05) is 11.8 Å². The number of rotatable bonds is 3. The molecule has 0 spiro atoms. The van der Waals surface area contributed by atoms with E-state index in [4.69, 9.17) is 0 Å². The first-order valence-corrected chi connectivity index (χ1v) is 6.11. The van der Waals surface area contributed by atoms with E-state index in [0.717, 1.165) is 26.1 Å². The summed E-state index contributed by atoms with van der Waals surface area (Å²) in [7, 11) is 0. The maximum atomic E-state index is 10.0. The molecule has 2 heterocycles. The van der Waals surface area contributed by atoms with Crippen LogP contribution in [0.25, 0.3) is 0 Å². The number of nitrogens with one attached hydrogen (secondary N) is 2. The van der Waals surface area contributed by atoms with Crippen molar-refractivity contribution in [2.24, 2.45) is 0 Å². The molecule has 0 aromatic rings. The second-order valence-electron chi connectivity index (χ2n) is 4.03. The number of hydrogen-bond donors (Lipinski definition) is 3.